The molecule has 1 aliphatic rings. The highest BCUT2D eigenvalue weighted by atomic mass is 16.3. The van der Waals surface area contributed by atoms with Gasteiger partial charge in [0.2, 0.25) is 0 Å². The largest absolute Gasteiger partial charge is 0.454 e. The van der Waals surface area contributed by atoms with E-state index in [4.69, 9.17) is 9.40 Å². The number of pyridine rings is 2. The summed E-state index contributed by atoms with van der Waals surface area (Å²) in [6.07, 6.45) is 9.24. The number of furan rings is 1. The van der Waals surface area contributed by atoms with Gasteiger partial charge in [0, 0.05) is 23.3 Å². The van der Waals surface area contributed by atoms with E-state index in [0.717, 1.165) is 39.2 Å². The smallest absolute Gasteiger partial charge is 0.154 e. The van der Waals surface area contributed by atoms with Gasteiger partial charge in [0.1, 0.15) is 11.1 Å². The fourth-order valence-electron chi connectivity index (χ4n) is 4.77. The number of fused-ring (bicyclic) bond motifs is 3. The van der Waals surface area contributed by atoms with Crippen molar-refractivity contribution in [2.75, 3.05) is 0 Å². The van der Waals surface area contributed by atoms with E-state index in [1.54, 1.807) is 0 Å². The van der Waals surface area contributed by atoms with Gasteiger partial charge in [0.05, 0.1) is 5.69 Å². The molecule has 3 nitrogen and oxygen atoms in total. The quantitative estimate of drug-likeness (QED) is 0.397. The van der Waals surface area contributed by atoms with E-state index < -0.39 is 0 Å². The SMILES string of the molecule is Cc1ccc2c(c1)oc1cc(-c3cc(C(C)(C)C4CCCC4)ccn3)cnc12. The van der Waals surface area contributed by atoms with E-state index in [2.05, 4.69) is 62.2 Å². The molecule has 5 rings (SSSR count). The van der Waals surface area contributed by atoms with Crippen molar-refractivity contribution >= 4 is 22.1 Å². The van der Waals surface area contributed by atoms with Crippen molar-refractivity contribution in [1.82, 2.24) is 9.97 Å². The van der Waals surface area contributed by atoms with E-state index in [1.807, 2.05) is 12.4 Å². The molecule has 3 heterocycles. The molecule has 0 radical (unpaired) electrons. The molecule has 28 heavy (non-hydrogen) atoms. The fraction of sp³-hybridized carbons (Fsp3) is 0.360. The molecule has 0 amide bonds. The first-order valence-corrected chi connectivity index (χ1v) is 10.3. The van der Waals surface area contributed by atoms with E-state index in [1.165, 1.54) is 36.8 Å². The predicted octanol–water partition coefficient (Wildman–Crippen LogP) is 6.82. The Kier molecular flexibility index (Phi) is 4.01. The van der Waals surface area contributed by atoms with Crippen LogP contribution in [0.4, 0.5) is 0 Å². The highest BCUT2D eigenvalue weighted by Crippen LogP contribution is 2.42. The van der Waals surface area contributed by atoms with Crippen LogP contribution in [0.3, 0.4) is 0 Å². The Hall–Kier alpha value is -2.68. The summed E-state index contributed by atoms with van der Waals surface area (Å²) in [7, 11) is 0. The molecule has 0 N–H and O–H groups in total. The molecule has 1 aromatic carbocycles. The van der Waals surface area contributed by atoms with Crippen molar-refractivity contribution < 1.29 is 4.42 Å². The van der Waals surface area contributed by atoms with Gasteiger partial charge in [-0.3, -0.25) is 9.97 Å². The van der Waals surface area contributed by atoms with Gasteiger partial charge in [0.25, 0.3) is 0 Å². The molecule has 1 aliphatic carbocycles. The number of benzene rings is 1. The first-order valence-electron chi connectivity index (χ1n) is 10.3. The van der Waals surface area contributed by atoms with Gasteiger partial charge in [-0.25, -0.2) is 0 Å². The van der Waals surface area contributed by atoms with Crippen LogP contribution in [-0.2, 0) is 5.41 Å². The van der Waals surface area contributed by atoms with Crippen LogP contribution in [0.25, 0.3) is 33.3 Å². The molecule has 4 aromatic rings. The molecule has 0 aliphatic heterocycles. The van der Waals surface area contributed by atoms with Gasteiger partial charge >= 0.3 is 0 Å². The second-order valence-corrected chi connectivity index (χ2v) is 8.81. The molecule has 142 valence electrons. The maximum atomic E-state index is 6.08. The molecule has 0 unspecified atom stereocenters. The van der Waals surface area contributed by atoms with Crippen LogP contribution >= 0.6 is 0 Å². The van der Waals surface area contributed by atoms with Crippen LogP contribution in [-0.4, -0.2) is 9.97 Å². The maximum absolute atomic E-state index is 6.08. The molecule has 0 atom stereocenters. The summed E-state index contributed by atoms with van der Waals surface area (Å²) >= 11 is 0. The second-order valence-electron chi connectivity index (χ2n) is 8.81. The number of hydrogen-bond acceptors (Lipinski definition) is 3. The van der Waals surface area contributed by atoms with Crippen LogP contribution in [0.15, 0.2) is 53.2 Å². The molecule has 3 aromatic heterocycles. The van der Waals surface area contributed by atoms with Crippen LogP contribution in [0.2, 0.25) is 0 Å². The minimum atomic E-state index is 0.169. The lowest BCUT2D eigenvalue weighted by atomic mass is 9.72. The van der Waals surface area contributed by atoms with Crippen molar-refractivity contribution in [2.24, 2.45) is 5.92 Å². The van der Waals surface area contributed by atoms with Gasteiger partial charge in [0.15, 0.2) is 5.58 Å². The molecule has 3 heteroatoms. The summed E-state index contributed by atoms with van der Waals surface area (Å²) in [4.78, 5) is 9.35. The van der Waals surface area contributed by atoms with E-state index in [0.29, 0.717) is 0 Å². The van der Waals surface area contributed by atoms with Gasteiger partial charge in [-0.05, 0) is 72.6 Å². The molecule has 1 saturated carbocycles. The standard InChI is InChI=1S/C25H26N2O/c1-16-8-9-20-22(12-16)28-23-13-17(15-27-24(20)23)21-14-19(10-11-26-21)25(2,3)18-6-4-5-7-18/h8-15,18H,4-7H2,1-3H3. The summed E-state index contributed by atoms with van der Waals surface area (Å²) in [5.74, 6) is 0.752. The zero-order valence-electron chi connectivity index (χ0n) is 16.8. The zero-order valence-corrected chi connectivity index (χ0v) is 16.8. The first-order chi connectivity index (χ1) is 13.5. The van der Waals surface area contributed by atoms with Crippen molar-refractivity contribution in [3.05, 3.63) is 59.9 Å². The lowest BCUT2D eigenvalue weighted by Crippen LogP contribution is -2.26. The van der Waals surface area contributed by atoms with Crippen molar-refractivity contribution in [3.8, 4) is 11.3 Å². The third-order valence-corrected chi connectivity index (χ3v) is 6.64. The Labute approximate surface area is 165 Å². The average Bonchev–Trinajstić information content (AvgIpc) is 3.35. The molecular weight excluding hydrogens is 344 g/mol. The topological polar surface area (TPSA) is 38.9 Å². The average molecular weight is 370 g/mol. The summed E-state index contributed by atoms with van der Waals surface area (Å²) in [5.41, 5.74) is 7.33. The van der Waals surface area contributed by atoms with Crippen molar-refractivity contribution in [1.29, 1.82) is 0 Å². The highest BCUT2D eigenvalue weighted by Gasteiger charge is 2.33. The Bertz CT molecular complexity index is 1170. The van der Waals surface area contributed by atoms with Crippen LogP contribution in [0.5, 0.6) is 0 Å². The predicted molar refractivity (Wildman–Crippen MR) is 114 cm³/mol. The molecule has 0 spiro atoms. The Morgan fingerprint density at radius 2 is 1.79 bits per heavy atom. The van der Waals surface area contributed by atoms with Crippen LogP contribution < -0.4 is 0 Å². The lowest BCUT2D eigenvalue weighted by Gasteiger charge is -2.32. The number of aromatic nitrogens is 2. The van der Waals surface area contributed by atoms with Crippen LogP contribution in [0, 0.1) is 12.8 Å². The molecular formula is C25H26N2O. The monoisotopic (exact) mass is 370 g/mol. The Balaban J connectivity index is 1.57. The zero-order chi connectivity index (χ0) is 19.3. The van der Waals surface area contributed by atoms with E-state index in [9.17, 15) is 0 Å². The minimum absolute atomic E-state index is 0.169. The summed E-state index contributed by atoms with van der Waals surface area (Å²) in [6.45, 7) is 6.84. The third-order valence-electron chi connectivity index (χ3n) is 6.64. The Morgan fingerprint density at radius 1 is 0.964 bits per heavy atom. The van der Waals surface area contributed by atoms with Gasteiger partial charge < -0.3 is 4.42 Å². The van der Waals surface area contributed by atoms with Crippen molar-refractivity contribution in [3.63, 3.8) is 0 Å². The number of hydrogen-bond donors (Lipinski definition) is 0. The highest BCUT2D eigenvalue weighted by molar-refractivity contribution is 6.03. The summed E-state index contributed by atoms with van der Waals surface area (Å²) in [5, 5.41) is 1.07. The molecule has 0 saturated heterocycles. The van der Waals surface area contributed by atoms with Crippen LogP contribution in [0.1, 0.15) is 50.7 Å². The Morgan fingerprint density at radius 3 is 2.61 bits per heavy atom. The van der Waals surface area contributed by atoms with Gasteiger partial charge in [-0.2, -0.15) is 0 Å². The van der Waals surface area contributed by atoms with E-state index >= 15 is 0 Å². The molecule has 1 fully saturated rings. The lowest BCUT2D eigenvalue weighted by molar-refractivity contribution is 0.325. The minimum Gasteiger partial charge on any atom is -0.454 e. The number of nitrogens with zero attached hydrogens (tertiary/aromatic N) is 2. The van der Waals surface area contributed by atoms with Gasteiger partial charge in [-0.1, -0.05) is 32.8 Å². The fourth-order valence-corrected chi connectivity index (χ4v) is 4.77. The normalized spacial score (nSPS) is 15.7. The summed E-state index contributed by atoms with van der Waals surface area (Å²) in [6, 6.07) is 12.8. The first kappa shape index (κ1) is 17.4. The third kappa shape index (κ3) is 2.81. The maximum Gasteiger partial charge on any atom is 0.154 e. The van der Waals surface area contributed by atoms with Crippen molar-refractivity contribution in [2.45, 2.75) is 51.9 Å². The number of aryl methyl sites for hydroxylation is 1. The second kappa shape index (κ2) is 6.44. The van der Waals surface area contributed by atoms with E-state index in [-0.39, 0.29) is 5.41 Å². The molecule has 0 bridgehead atoms. The van der Waals surface area contributed by atoms with Gasteiger partial charge in [-0.15, -0.1) is 0 Å². The number of rotatable bonds is 3. The summed E-state index contributed by atoms with van der Waals surface area (Å²) < 4.78 is 6.08.